The second-order valence-corrected chi connectivity index (χ2v) is 12.1. The molecule has 0 aromatic carbocycles. The maximum absolute atomic E-state index is 11.3. The molecule has 8 nitrogen and oxygen atoms in total. The van der Waals surface area contributed by atoms with Crippen molar-refractivity contribution in [3.63, 3.8) is 0 Å². The summed E-state index contributed by atoms with van der Waals surface area (Å²) in [5.74, 6) is -0.0333. The van der Waals surface area contributed by atoms with E-state index in [1.54, 1.807) is 6.08 Å². The van der Waals surface area contributed by atoms with E-state index in [2.05, 4.69) is 33.4 Å². The van der Waals surface area contributed by atoms with E-state index < -0.39 is 54.9 Å². The van der Waals surface area contributed by atoms with Crippen molar-refractivity contribution in [1.82, 2.24) is 0 Å². The Bertz CT molecular complexity index is 811. The summed E-state index contributed by atoms with van der Waals surface area (Å²) < 4.78 is 11.9. The van der Waals surface area contributed by atoms with Crippen LogP contribution in [0.5, 0.6) is 0 Å². The van der Waals surface area contributed by atoms with Gasteiger partial charge in [0.05, 0.1) is 24.9 Å². The van der Waals surface area contributed by atoms with Crippen LogP contribution in [0.25, 0.3) is 0 Å². The number of allylic oxidation sites excluding steroid dienone is 1. The summed E-state index contributed by atoms with van der Waals surface area (Å²) in [7, 11) is 0. The van der Waals surface area contributed by atoms with Crippen LogP contribution in [0.15, 0.2) is 24.3 Å². The highest BCUT2D eigenvalue weighted by atomic mass is 16.7. The van der Waals surface area contributed by atoms with Crippen molar-refractivity contribution in [1.29, 1.82) is 0 Å². The van der Waals surface area contributed by atoms with E-state index in [0.29, 0.717) is 12.8 Å². The largest absolute Gasteiger partial charge is 0.394 e. The molecule has 1 saturated heterocycles. The van der Waals surface area contributed by atoms with E-state index >= 15 is 0 Å². The first-order valence-electron chi connectivity index (χ1n) is 12.5. The van der Waals surface area contributed by atoms with Gasteiger partial charge in [-0.1, -0.05) is 45.4 Å². The number of ether oxygens (including phenoxy) is 2. The molecule has 34 heavy (non-hydrogen) atoms. The van der Waals surface area contributed by atoms with Crippen molar-refractivity contribution >= 4 is 0 Å². The summed E-state index contributed by atoms with van der Waals surface area (Å²) >= 11 is 0. The quantitative estimate of drug-likeness (QED) is 0.325. The zero-order chi connectivity index (χ0) is 25.2. The molecule has 4 aliphatic rings. The van der Waals surface area contributed by atoms with Gasteiger partial charge in [0.2, 0.25) is 0 Å². The number of fused-ring (bicyclic) bond motifs is 3. The summed E-state index contributed by atoms with van der Waals surface area (Å²) in [6, 6.07) is 0. The van der Waals surface area contributed by atoms with E-state index in [9.17, 15) is 30.6 Å². The topological polar surface area (TPSA) is 140 Å². The lowest BCUT2D eigenvalue weighted by Gasteiger charge is -2.63. The fourth-order valence-electron chi connectivity index (χ4n) is 7.51. The van der Waals surface area contributed by atoms with Gasteiger partial charge in [-0.15, -0.1) is 6.58 Å². The van der Waals surface area contributed by atoms with E-state index in [1.165, 1.54) is 5.57 Å². The van der Waals surface area contributed by atoms with Gasteiger partial charge in [-0.3, -0.25) is 0 Å². The Balaban J connectivity index is 1.59. The zero-order valence-corrected chi connectivity index (χ0v) is 20.7. The van der Waals surface area contributed by atoms with Gasteiger partial charge in [-0.25, -0.2) is 0 Å². The van der Waals surface area contributed by atoms with Gasteiger partial charge in [0, 0.05) is 11.3 Å². The van der Waals surface area contributed by atoms with Crippen LogP contribution in [0.2, 0.25) is 0 Å². The minimum absolute atomic E-state index is 0.132. The maximum atomic E-state index is 11.3. The Hall–Kier alpha value is -0.840. The summed E-state index contributed by atoms with van der Waals surface area (Å²) in [4.78, 5) is 0. The lowest BCUT2D eigenvalue weighted by Crippen LogP contribution is -2.63. The highest BCUT2D eigenvalue weighted by molar-refractivity contribution is 5.29. The maximum Gasteiger partial charge on any atom is 0.186 e. The van der Waals surface area contributed by atoms with E-state index in [-0.39, 0.29) is 28.8 Å². The number of hydrogen-bond donors (Lipinski definition) is 6. The molecule has 0 radical (unpaired) electrons. The Morgan fingerprint density at radius 3 is 2.35 bits per heavy atom. The molecule has 12 atom stereocenters. The van der Waals surface area contributed by atoms with Crippen LogP contribution in [0, 0.1) is 28.1 Å². The van der Waals surface area contributed by atoms with Gasteiger partial charge in [0.25, 0.3) is 0 Å². The Morgan fingerprint density at radius 2 is 1.74 bits per heavy atom. The molecule has 2 saturated carbocycles. The third-order valence-electron chi connectivity index (χ3n) is 9.73. The third kappa shape index (κ3) is 3.82. The van der Waals surface area contributed by atoms with Gasteiger partial charge in [-0.05, 0) is 42.4 Å². The molecule has 194 valence electrons. The Labute approximate surface area is 201 Å². The Kier molecular flexibility index (Phi) is 6.88. The molecule has 0 aromatic heterocycles. The van der Waals surface area contributed by atoms with Crippen molar-refractivity contribution in [2.24, 2.45) is 28.1 Å². The summed E-state index contributed by atoms with van der Waals surface area (Å²) in [5.41, 5.74) is -0.0177. The standard InChI is InChI=1S/C26H42O8/c1-6-25(4)11-13-7-8-15-24(2,3)16(9-10-26(15,5)17(13)19(29)22(25)32)34-23-21(31)20(30)18(28)14(12-27)33-23/h6-7,14-23,27-32H,1,8-12H2,2-5H3/t14-,15+,16+,17-,18-,19+,20+,21-,22+,23+,25-,26+/m1/s1. The Morgan fingerprint density at radius 1 is 1.06 bits per heavy atom. The van der Waals surface area contributed by atoms with Crippen molar-refractivity contribution < 1.29 is 40.1 Å². The lowest BCUT2D eigenvalue weighted by atomic mass is 9.44. The third-order valence-corrected chi connectivity index (χ3v) is 9.73. The summed E-state index contributed by atoms with van der Waals surface area (Å²) in [6.45, 7) is 11.8. The first-order chi connectivity index (χ1) is 15.8. The molecule has 0 amide bonds. The molecule has 0 unspecified atom stereocenters. The fraction of sp³-hybridized carbons (Fsp3) is 0.846. The molecule has 1 aliphatic heterocycles. The van der Waals surface area contributed by atoms with Crippen LogP contribution in [0.3, 0.4) is 0 Å². The second-order valence-electron chi connectivity index (χ2n) is 12.1. The number of aliphatic hydroxyl groups excluding tert-OH is 6. The minimum Gasteiger partial charge on any atom is -0.394 e. The molecule has 1 heterocycles. The van der Waals surface area contributed by atoms with Crippen LogP contribution in [0.1, 0.15) is 53.4 Å². The van der Waals surface area contributed by atoms with E-state index in [1.807, 2.05) is 6.92 Å². The molecule has 3 aliphatic carbocycles. The average Bonchev–Trinajstić information content (AvgIpc) is 2.79. The normalized spacial score (nSPS) is 52.8. The van der Waals surface area contributed by atoms with Crippen molar-refractivity contribution in [2.45, 2.75) is 102 Å². The van der Waals surface area contributed by atoms with Crippen LogP contribution < -0.4 is 0 Å². The summed E-state index contributed by atoms with van der Waals surface area (Å²) in [6.07, 6.45) is -1.80. The lowest BCUT2D eigenvalue weighted by molar-refractivity contribution is -0.327. The van der Waals surface area contributed by atoms with Crippen LogP contribution in [-0.2, 0) is 9.47 Å². The molecule has 4 rings (SSSR count). The molecule has 3 fully saturated rings. The predicted molar refractivity (Wildman–Crippen MR) is 124 cm³/mol. The second kappa shape index (κ2) is 8.92. The fourth-order valence-corrected chi connectivity index (χ4v) is 7.51. The molecule has 0 spiro atoms. The summed E-state index contributed by atoms with van der Waals surface area (Å²) in [5, 5.41) is 62.5. The van der Waals surface area contributed by atoms with E-state index in [0.717, 1.165) is 12.8 Å². The van der Waals surface area contributed by atoms with Crippen LogP contribution in [-0.4, -0.2) is 86.3 Å². The van der Waals surface area contributed by atoms with Crippen LogP contribution >= 0.6 is 0 Å². The van der Waals surface area contributed by atoms with Gasteiger partial charge >= 0.3 is 0 Å². The number of rotatable bonds is 4. The molecule has 0 aromatic rings. The first-order valence-corrected chi connectivity index (χ1v) is 12.5. The highest BCUT2D eigenvalue weighted by Gasteiger charge is 2.62. The van der Waals surface area contributed by atoms with Gasteiger partial charge < -0.3 is 40.1 Å². The van der Waals surface area contributed by atoms with Crippen LogP contribution in [0.4, 0.5) is 0 Å². The molecule has 0 bridgehead atoms. The number of aliphatic hydroxyl groups is 6. The monoisotopic (exact) mass is 482 g/mol. The number of hydrogen-bond acceptors (Lipinski definition) is 8. The predicted octanol–water partition coefficient (Wildman–Crippen LogP) is 0.878. The SMILES string of the molecule is C=C[C@]1(C)CC2=CC[C@H]3C(C)(C)[C@@H](O[C@@H]4O[C@H](CO)[C@@H](O)[C@H](O)[C@H]4O)CC[C@]3(C)[C@H]2[C@H](O)[C@@H]1O. The molecule has 6 N–H and O–H groups in total. The van der Waals surface area contributed by atoms with Crippen molar-refractivity contribution in [3.8, 4) is 0 Å². The van der Waals surface area contributed by atoms with Gasteiger partial charge in [0.15, 0.2) is 6.29 Å². The van der Waals surface area contributed by atoms with Crippen molar-refractivity contribution in [2.75, 3.05) is 6.61 Å². The first kappa shape index (κ1) is 26.2. The highest BCUT2D eigenvalue weighted by Crippen LogP contribution is 2.64. The molecule has 8 heteroatoms. The molecular weight excluding hydrogens is 440 g/mol. The van der Waals surface area contributed by atoms with Gasteiger partial charge in [0.1, 0.15) is 24.4 Å². The smallest absolute Gasteiger partial charge is 0.186 e. The minimum atomic E-state index is -1.48. The van der Waals surface area contributed by atoms with Gasteiger partial charge in [-0.2, -0.15) is 0 Å². The zero-order valence-electron chi connectivity index (χ0n) is 20.7. The molecular formula is C26H42O8. The van der Waals surface area contributed by atoms with Crippen molar-refractivity contribution in [3.05, 3.63) is 24.3 Å². The average molecular weight is 483 g/mol. The van der Waals surface area contributed by atoms with E-state index in [4.69, 9.17) is 9.47 Å².